The van der Waals surface area contributed by atoms with Crippen molar-refractivity contribution in [2.45, 2.75) is 26.7 Å². The summed E-state index contributed by atoms with van der Waals surface area (Å²) in [7, 11) is 0. The minimum Gasteiger partial charge on any atom is -0.317 e. The molecular weight excluding hydrogens is 269 g/mol. The van der Waals surface area contributed by atoms with E-state index in [2.05, 4.69) is 42.0 Å². The first-order valence-electron chi connectivity index (χ1n) is 5.72. The highest BCUT2D eigenvalue weighted by Crippen LogP contribution is 2.28. The van der Waals surface area contributed by atoms with Crippen LogP contribution < -0.4 is 5.32 Å². The second-order valence-electron chi connectivity index (χ2n) is 4.24. The van der Waals surface area contributed by atoms with E-state index >= 15 is 0 Å². The summed E-state index contributed by atoms with van der Waals surface area (Å²) in [6, 6.07) is 5.14. The first kappa shape index (κ1) is 13.7. The van der Waals surface area contributed by atoms with Crippen molar-refractivity contribution in [3.05, 3.63) is 34.1 Å². The van der Waals surface area contributed by atoms with Crippen molar-refractivity contribution in [3.8, 4) is 0 Å². The molecule has 1 rings (SSSR count). The van der Waals surface area contributed by atoms with Gasteiger partial charge in [-0.25, -0.2) is 4.39 Å². The fourth-order valence-corrected chi connectivity index (χ4v) is 2.10. The molecule has 0 aromatic heterocycles. The van der Waals surface area contributed by atoms with Crippen molar-refractivity contribution in [1.82, 2.24) is 5.32 Å². The third-order valence-corrected chi connectivity index (χ3v) is 3.51. The molecule has 3 heteroatoms. The van der Waals surface area contributed by atoms with Gasteiger partial charge in [0, 0.05) is 4.47 Å². The second kappa shape index (κ2) is 6.36. The molecule has 0 amide bonds. The summed E-state index contributed by atoms with van der Waals surface area (Å²) in [5, 5.41) is 3.30. The molecule has 0 spiro atoms. The molecule has 16 heavy (non-hydrogen) atoms. The molecule has 0 saturated heterocycles. The molecule has 1 aromatic carbocycles. The van der Waals surface area contributed by atoms with Gasteiger partial charge in [-0.1, -0.05) is 36.7 Å². The van der Waals surface area contributed by atoms with Crippen LogP contribution in [0.4, 0.5) is 4.39 Å². The molecule has 0 aliphatic rings. The number of rotatable bonds is 5. The van der Waals surface area contributed by atoms with E-state index in [9.17, 15) is 4.39 Å². The van der Waals surface area contributed by atoms with Gasteiger partial charge in [0.15, 0.2) is 0 Å². The monoisotopic (exact) mass is 287 g/mol. The maximum Gasteiger partial charge on any atom is 0.126 e. The van der Waals surface area contributed by atoms with Gasteiger partial charge in [-0.2, -0.15) is 0 Å². The van der Waals surface area contributed by atoms with Crippen molar-refractivity contribution in [3.63, 3.8) is 0 Å². The molecule has 1 N–H and O–H groups in total. The lowest BCUT2D eigenvalue weighted by Gasteiger charge is -2.21. The van der Waals surface area contributed by atoms with Crippen LogP contribution in [0.2, 0.25) is 0 Å². The molecule has 0 radical (unpaired) electrons. The molecule has 0 fully saturated rings. The minimum atomic E-state index is -0.112. The average molecular weight is 288 g/mol. The SMILES string of the molecule is CCNCC(C)C(C)c1cc(Br)ccc1F. The van der Waals surface area contributed by atoms with Crippen LogP contribution in [-0.2, 0) is 0 Å². The Morgan fingerprint density at radius 1 is 1.38 bits per heavy atom. The van der Waals surface area contributed by atoms with E-state index in [-0.39, 0.29) is 11.7 Å². The summed E-state index contributed by atoms with van der Waals surface area (Å²) < 4.78 is 14.6. The van der Waals surface area contributed by atoms with Gasteiger partial charge in [-0.3, -0.25) is 0 Å². The highest BCUT2D eigenvalue weighted by molar-refractivity contribution is 9.10. The summed E-state index contributed by atoms with van der Waals surface area (Å²) in [6.45, 7) is 8.18. The Balaban J connectivity index is 2.78. The van der Waals surface area contributed by atoms with E-state index in [1.54, 1.807) is 6.07 Å². The number of benzene rings is 1. The van der Waals surface area contributed by atoms with Crippen LogP contribution in [0.5, 0.6) is 0 Å². The normalized spacial score (nSPS) is 14.8. The molecular formula is C13H19BrFN. The Labute approximate surface area is 106 Å². The van der Waals surface area contributed by atoms with E-state index in [0.717, 1.165) is 23.1 Å². The van der Waals surface area contributed by atoms with Gasteiger partial charge < -0.3 is 5.32 Å². The largest absolute Gasteiger partial charge is 0.317 e. The molecule has 0 heterocycles. The zero-order valence-corrected chi connectivity index (χ0v) is 11.6. The van der Waals surface area contributed by atoms with Crippen LogP contribution in [0.25, 0.3) is 0 Å². The van der Waals surface area contributed by atoms with Gasteiger partial charge >= 0.3 is 0 Å². The van der Waals surface area contributed by atoms with E-state index in [0.29, 0.717) is 5.92 Å². The number of nitrogens with one attached hydrogen (secondary N) is 1. The minimum absolute atomic E-state index is 0.112. The molecule has 0 aliphatic heterocycles. The van der Waals surface area contributed by atoms with Gasteiger partial charge in [0.2, 0.25) is 0 Å². The molecule has 1 nitrogen and oxygen atoms in total. The van der Waals surface area contributed by atoms with E-state index in [4.69, 9.17) is 0 Å². The molecule has 2 atom stereocenters. The zero-order chi connectivity index (χ0) is 12.1. The van der Waals surface area contributed by atoms with E-state index < -0.39 is 0 Å². The predicted octanol–water partition coefficient (Wildman–Crippen LogP) is 3.94. The number of hydrogen-bond acceptors (Lipinski definition) is 1. The summed E-state index contributed by atoms with van der Waals surface area (Å²) in [5.41, 5.74) is 0.791. The van der Waals surface area contributed by atoms with Crippen molar-refractivity contribution >= 4 is 15.9 Å². The van der Waals surface area contributed by atoms with E-state index in [1.165, 1.54) is 6.07 Å². The van der Waals surface area contributed by atoms with Gasteiger partial charge in [0.05, 0.1) is 0 Å². The standard InChI is InChI=1S/C13H19BrFN/c1-4-16-8-9(2)10(3)12-7-11(14)5-6-13(12)15/h5-7,9-10,16H,4,8H2,1-3H3. The Kier molecular flexibility index (Phi) is 5.42. The van der Waals surface area contributed by atoms with Gasteiger partial charge in [0.25, 0.3) is 0 Å². The lowest BCUT2D eigenvalue weighted by Crippen LogP contribution is -2.24. The van der Waals surface area contributed by atoms with Crippen molar-refractivity contribution in [2.24, 2.45) is 5.92 Å². The van der Waals surface area contributed by atoms with Crippen LogP contribution in [0.1, 0.15) is 32.3 Å². The fraction of sp³-hybridized carbons (Fsp3) is 0.538. The van der Waals surface area contributed by atoms with Crippen LogP contribution in [0, 0.1) is 11.7 Å². The van der Waals surface area contributed by atoms with Crippen LogP contribution in [-0.4, -0.2) is 13.1 Å². The van der Waals surface area contributed by atoms with Crippen molar-refractivity contribution in [1.29, 1.82) is 0 Å². The summed E-state index contributed by atoms with van der Waals surface area (Å²) in [4.78, 5) is 0. The van der Waals surface area contributed by atoms with Crippen molar-refractivity contribution < 1.29 is 4.39 Å². The smallest absolute Gasteiger partial charge is 0.126 e. The number of halogens is 2. The van der Waals surface area contributed by atoms with Crippen LogP contribution in [0.3, 0.4) is 0 Å². The first-order chi connectivity index (χ1) is 7.56. The number of hydrogen-bond donors (Lipinski definition) is 1. The Morgan fingerprint density at radius 2 is 2.06 bits per heavy atom. The quantitative estimate of drug-likeness (QED) is 0.865. The molecule has 1 aromatic rings. The first-order valence-corrected chi connectivity index (χ1v) is 6.51. The maximum atomic E-state index is 13.7. The second-order valence-corrected chi connectivity index (χ2v) is 5.16. The Morgan fingerprint density at radius 3 is 2.69 bits per heavy atom. The van der Waals surface area contributed by atoms with Gasteiger partial charge in [0.1, 0.15) is 5.82 Å². The third kappa shape index (κ3) is 3.56. The molecule has 0 aliphatic carbocycles. The van der Waals surface area contributed by atoms with Crippen LogP contribution >= 0.6 is 15.9 Å². The Hall–Kier alpha value is -0.410. The predicted molar refractivity (Wildman–Crippen MR) is 70.2 cm³/mol. The zero-order valence-electron chi connectivity index (χ0n) is 10.1. The summed E-state index contributed by atoms with van der Waals surface area (Å²) >= 11 is 3.38. The van der Waals surface area contributed by atoms with Crippen LogP contribution in [0.15, 0.2) is 22.7 Å². The van der Waals surface area contributed by atoms with Gasteiger partial charge in [-0.15, -0.1) is 0 Å². The lowest BCUT2D eigenvalue weighted by molar-refractivity contribution is 0.439. The third-order valence-electron chi connectivity index (χ3n) is 3.02. The highest BCUT2D eigenvalue weighted by atomic mass is 79.9. The molecule has 90 valence electrons. The van der Waals surface area contributed by atoms with Crippen molar-refractivity contribution in [2.75, 3.05) is 13.1 Å². The summed E-state index contributed by atoms with van der Waals surface area (Å²) in [5.74, 6) is 0.527. The average Bonchev–Trinajstić information content (AvgIpc) is 2.28. The summed E-state index contributed by atoms with van der Waals surface area (Å²) in [6.07, 6.45) is 0. The molecule has 0 saturated carbocycles. The fourth-order valence-electron chi connectivity index (χ4n) is 1.72. The topological polar surface area (TPSA) is 12.0 Å². The lowest BCUT2D eigenvalue weighted by atomic mass is 9.88. The maximum absolute atomic E-state index is 13.7. The Bertz CT molecular complexity index is 341. The van der Waals surface area contributed by atoms with E-state index in [1.807, 2.05) is 6.07 Å². The molecule has 0 bridgehead atoms. The highest BCUT2D eigenvalue weighted by Gasteiger charge is 2.17. The van der Waals surface area contributed by atoms with Gasteiger partial charge in [-0.05, 0) is 48.7 Å². The molecule has 2 unspecified atom stereocenters.